The van der Waals surface area contributed by atoms with Crippen LogP contribution in [0, 0.1) is 36.5 Å². The van der Waals surface area contributed by atoms with Crippen molar-refractivity contribution in [3.05, 3.63) is 145 Å². The van der Waals surface area contributed by atoms with Gasteiger partial charge in [-0.1, -0.05) is 103 Å². The van der Waals surface area contributed by atoms with Crippen LogP contribution in [0.15, 0.2) is 134 Å². The fraction of sp³-hybridized carbons (Fsp3) is 0. The van der Waals surface area contributed by atoms with Gasteiger partial charge in [0.15, 0.2) is 17.5 Å². The van der Waals surface area contributed by atoms with Gasteiger partial charge in [0.25, 0.3) is 0 Å². The molecule has 6 aromatic rings. The van der Waals surface area contributed by atoms with Crippen molar-refractivity contribution in [3.8, 4) is 65.4 Å². The summed E-state index contributed by atoms with van der Waals surface area (Å²) in [5.41, 5.74) is 4.36. The topological polar surface area (TPSA) is 101 Å². The average molecular weight is 544 g/mol. The molecule has 0 saturated heterocycles. The summed E-state index contributed by atoms with van der Waals surface area (Å²) < 4.78 is 0. The molecular formula is C35H25N7. The zero-order valence-electron chi connectivity index (χ0n) is 22.6. The first kappa shape index (κ1) is 30.1. The second-order valence-electron chi connectivity index (χ2n) is 8.03. The highest BCUT2D eigenvalue weighted by Crippen LogP contribution is 2.18. The Balaban J connectivity index is 0.000000176. The first-order valence-electron chi connectivity index (χ1n) is 12.5. The summed E-state index contributed by atoms with van der Waals surface area (Å²) in [6, 6.07) is 38.6. The molecule has 0 unspecified atom stereocenters. The predicted octanol–water partition coefficient (Wildman–Crippen LogP) is 6.53. The van der Waals surface area contributed by atoms with Gasteiger partial charge in [-0.2, -0.15) is 5.26 Å². The third kappa shape index (κ3) is 9.36. The molecule has 2 heterocycles. The van der Waals surface area contributed by atoms with Crippen molar-refractivity contribution in [2.24, 2.45) is 0 Å². The molecule has 0 spiro atoms. The Hall–Kier alpha value is -6.49. The Labute approximate surface area is 245 Å². The van der Waals surface area contributed by atoms with Gasteiger partial charge in [0, 0.05) is 22.3 Å². The van der Waals surface area contributed by atoms with Crippen LogP contribution in [0.4, 0.5) is 0 Å². The van der Waals surface area contributed by atoms with E-state index in [2.05, 4.69) is 48.7 Å². The van der Waals surface area contributed by atoms with Crippen LogP contribution in [-0.2, 0) is 0 Å². The van der Waals surface area contributed by atoms with E-state index < -0.39 is 0 Å². The number of nitrogens with zero attached hydrogens (tertiary/aromatic N) is 7. The second-order valence-corrected chi connectivity index (χ2v) is 8.03. The van der Waals surface area contributed by atoms with Crippen LogP contribution in [0.5, 0.6) is 0 Å². The van der Waals surface area contributed by atoms with Gasteiger partial charge < -0.3 is 0 Å². The van der Waals surface area contributed by atoms with Crippen LogP contribution in [0.3, 0.4) is 0 Å². The average Bonchev–Trinajstić information content (AvgIpc) is 3.11. The third-order valence-corrected chi connectivity index (χ3v) is 5.32. The largest absolute Gasteiger partial charge is 0.225 e. The SMILES string of the molecule is C#C.C#Cc1cccc(C#N)c1.c1ccc(-c2ncnc(-c3ccccc3)n2)cc1.c1ccc(-c2ncncn2)cc1. The molecule has 7 nitrogen and oxygen atoms in total. The van der Waals surface area contributed by atoms with Gasteiger partial charge >= 0.3 is 0 Å². The van der Waals surface area contributed by atoms with Crippen LogP contribution in [0.2, 0.25) is 0 Å². The van der Waals surface area contributed by atoms with E-state index >= 15 is 0 Å². The van der Waals surface area contributed by atoms with Gasteiger partial charge in [-0.25, -0.2) is 29.9 Å². The van der Waals surface area contributed by atoms with Crippen LogP contribution in [-0.4, -0.2) is 29.9 Å². The maximum absolute atomic E-state index is 8.44. The van der Waals surface area contributed by atoms with E-state index in [1.807, 2.05) is 97.1 Å². The first-order chi connectivity index (χ1) is 20.8. The summed E-state index contributed by atoms with van der Waals surface area (Å²) in [5.74, 6) is 4.56. The summed E-state index contributed by atoms with van der Waals surface area (Å²) in [7, 11) is 0. The van der Waals surface area contributed by atoms with Gasteiger partial charge in [-0.15, -0.1) is 19.3 Å². The van der Waals surface area contributed by atoms with E-state index in [9.17, 15) is 0 Å². The van der Waals surface area contributed by atoms with Crippen molar-refractivity contribution in [2.75, 3.05) is 0 Å². The number of rotatable bonds is 3. The van der Waals surface area contributed by atoms with Gasteiger partial charge in [0.05, 0.1) is 11.6 Å². The fourth-order valence-electron chi connectivity index (χ4n) is 3.40. The highest BCUT2D eigenvalue weighted by Gasteiger charge is 2.04. The van der Waals surface area contributed by atoms with Gasteiger partial charge in [0.2, 0.25) is 0 Å². The van der Waals surface area contributed by atoms with Crippen molar-refractivity contribution < 1.29 is 0 Å². The number of benzene rings is 4. The van der Waals surface area contributed by atoms with E-state index in [0.29, 0.717) is 23.0 Å². The van der Waals surface area contributed by atoms with E-state index in [4.69, 9.17) is 11.7 Å². The molecule has 200 valence electrons. The Morgan fingerprint density at radius 2 is 0.929 bits per heavy atom. The summed E-state index contributed by atoms with van der Waals surface area (Å²) in [5, 5.41) is 8.44. The minimum Gasteiger partial charge on any atom is -0.225 e. The van der Waals surface area contributed by atoms with Crippen molar-refractivity contribution in [3.63, 3.8) is 0 Å². The van der Waals surface area contributed by atoms with Crippen molar-refractivity contribution in [1.82, 2.24) is 29.9 Å². The predicted molar refractivity (Wildman–Crippen MR) is 165 cm³/mol. The lowest BCUT2D eigenvalue weighted by atomic mass is 10.1. The molecule has 0 atom stereocenters. The minimum absolute atomic E-state index is 0.607. The number of nitriles is 1. The zero-order chi connectivity index (χ0) is 29.8. The summed E-state index contributed by atoms with van der Waals surface area (Å²) >= 11 is 0. The smallest absolute Gasteiger partial charge is 0.163 e. The van der Waals surface area contributed by atoms with Crippen LogP contribution >= 0.6 is 0 Å². The van der Waals surface area contributed by atoms with E-state index in [1.54, 1.807) is 30.6 Å². The Morgan fingerprint density at radius 1 is 0.500 bits per heavy atom. The van der Waals surface area contributed by atoms with E-state index in [1.165, 1.54) is 12.7 Å². The highest BCUT2D eigenvalue weighted by atomic mass is 15.0. The molecule has 0 aliphatic heterocycles. The third-order valence-electron chi connectivity index (χ3n) is 5.32. The first-order valence-corrected chi connectivity index (χ1v) is 12.5. The lowest BCUT2D eigenvalue weighted by molar-refractivity contribution is 1.06. The summed E-state index contributed by atoms with van der Waals surface area (Å²) in [6.07, 6.45) is 17.7. The fourth-order valence-corrected chi connectivity index (χ4v) is 3.40. The number of aromatic nitrogens is 6. The monoisotopic (exact) mass is 543 g/mol. The molecule has 0 bridgehead atoms. The van der Waals surface area contributed by atoms with Crippen molar-refractivity contribution >= 4 is 0 Å². The van der Waals surface area contributed by atoms with E-state index in [-0.39, 0.29) is 0 Å². The Kier molecular flexibility index (Phi) is 12.3. The molecule has 0 N–H and O–H groups in total. The molecule has 0 fully saturated rings. The quantitative estimate of drug-likeness (QED) is 0.234. The minimum atomic E-state index is 0.607. The van der Waals surface area contributed by atoms with Crippen molar-refractivity contribution in [2.45, 2.75) is 0 Å². The van der Waals surface area contributed by atoms with Crippen LogP contribution in [0.1, 0.15) is 11.1 Å². The normalized spacial score (nSPS) is 9.05. The molecular weight excluding hydrogens is 518 g/mol. The summed E-state index contributed by atoms with van der Waals surface area (Å²) in [6.45, 7) is 0. The Bertz CT molecular complexity index is 1620. The molecule has 0 amide bonds. The summed E-state index contributed by atoms with van der Waals surface area (Å²) in [4.78, 5) is 24.7. The van der Waals surface area contributed by atoms with Gasteiger partial charge in [0.1, 0.15) is 19.0 Å². The number of terminal acetylenes is 2. The van der Waals surface area contributed by atoms with Gasteiger partial charge in [-0.05, 0) is 18.2 Å². The molecule has 0 aliphatic carbocycles. The van der Waals surface area contributed by atoms with Gasteiger partial charge in [-0.3, -0.25) is 0 Å². The molecule has 4 aromatic carbocycles. The molecule has 2 aromatic heterocycles. The lowest BCUT2D eigenvalue weighted by Crippen LogP contribution is -1.94. The number of hydrogen-bond acceptors (Lipinski definition) is 7. The molecule has 7 heteroatoms. The van der Waals surface area contributed by atoms with Crippen molar-refractivity contribution in [1.29, 1.82) is 5.26 Å². The number of hydrogen-bond donors (Lipinski definition) is 0. The van der Waals surface area contributed by atoms with Crippen LogP contribution in [0.25, 0.3) is 34.2 Å². The standard InChI is InChI=1S/C15H11N3.C9H7N3.C9H5N.C2H2/c1-3-7-12(8-4-1)14-16-11-17-15(18-14)13-9-5-2-6-10-13;1-2-4-8(5-3-1)9-11-6-10-7-12-9;1-2-8-4-3-5-9(6-8)7-10;1-2/h1-11H;1-7H;1,3-6H;1-2H. The second kappa shape index (κ2) is 17.2. The maximum atomic E-state index is 8.44. The van der Waals surface area contributed by atoms with Crippen LogP contribution < -0.4 is 0 Å². The molecule has 0 saturated carbocycles. The zero-order valence-corrected chi connectivity index (χ0v) is 22.6. The Morgan fingerprint density at radius 3 is 1.38 bits per heavy atom. The maximum Gasteiger partial charge on any atom is 0.163 e. The molecule has 6 rings (SSSR count). The molecule has 0 aliphatic rings. The molecule has 0 radical (unpaired) electrons. The van der Waals surface area contributed by atoms with E-state index in [0.717, 1.165) is 22.3 Å². The lowest BCUT2D eigenvalue weighted by Gasteiger charge is -2.02. The highest BCUT2D eigenvalue weighted by molar-refractivity contribution is 5.60. The molecule has 42 heavy (non-hydrogen) atoms.